The van der Waals surface area contributed by atoms with Crippen molar-refractivity contribution in [2.24, 2.45) is 0 Å². The van der Waals surface area contributed by atoms with Gasteiger partial charge in [-0.25, -0.2) is 0 Å². The van der Waals surface area contributed by atoms with Gasteiger partial charge in [-0.2, -0.15) is 13.2 Å². The van der Waals surface area contributed by atoms with Gasteiger partial charge in [0.1, 0.15) is 17.9 Å². The number of para-hydroxylation sites is 1. The zero-order valence-electron chi connectivity index (χ0n) is 10.3. The molecule has 0 atom stereocenters. The molecule has 0 fully saturated rings. The topological polar surface area (TPSA) is 67.2 Å². The maximum absolute atomic E-state index is 12.1. The van der Waals surface area contributed by atoms with E-state index < -0.39 is 17.6 Å². The van der Waals surface area contributed by atoms with Crippen LogP contribution in [0, 0.1) is 10.1 Å². The Morgan fingerprint density at radius 2 is 1.84 bits per heavy atom. The van der Waals surface area contributed by atoms with Crippen LogP contribution < -0.4 is 10.6 Å². The largest absolute Gasteiger partial charge is 0.405 e. The highest BCUT2D eigenvalue weighted by atomic mass is 19.4. The highest BCUT2D eigenvalue weighted by Gasteiger charge is 2.28. The zero-order chi connectivity index (χ0) is 14.5. The van der Waals surface area contributed by atoms with Gasteiger partial charge < -0.3 is 10.6 Å². The summed E-state index contributed by atoms with van der Waals surface area (Å²) in [5.74, 6) is 0. The number of benzene rings is 1. The summed E-state index contributed by atoms with van der Waals surface area (Å²) in [4.78, 5) is 10.3. The molecule has 5 nitrogen and oxygen atoms in total. The van der Waals surface area contributed by atoms with E-state index in [-0.39, 0.29) is 17.1 Å². The van der Waals surface area contributed by atoms with Gasteiger partial charge >= 0.3 is 11.9 Å². The van der Waals surface area contributed by atoms with Crippen LogP contribution in [0.1, 0.15) is 13.3 Å². The molecule has 0 saturated carbocycles. The van der Waals surface area contributed by atoms with Crippen LogP contribution in [0.3, 0.4) is 0 Å². The van der Waals surface area contributed by atoms with Crippen molar-refractivity contribution in [2.75, 3.05) is 23.7 Å². The molecule has 1 aromatic carbocycles. The molecular weight excluding hydrogens is 263 g/mol. The number of nitro groups is 1. The number of halogens is 3. The Morgan fingerprint density at radius 3 is 2.32 bits per heavy atom. The first-order valence-electron chi connectivity index (χ1n) is 5.67. The van der Waals surface area contributed by atoms with E-state index in [1.807, 2.05) is 12.2 Å². The van der Waals surface area contributed by atoms with E-state index >= 15 is 0 Å². The predicted octanol–water partition coefficient (Wildman–Crippen LogP) is 3.39. The van der Waals surface area contributed by atoms with Gasteiger partial charge in [-0.15, -0.1) is 0 Å². The first-order valence-corrected chi connectivity index (χ1v) is 5.67. The van der Waals surface area contributed by atoms with Crippen molar-refractivity contribution in [2.45, 2.75) is 19.5 Å². The molecule has 0 aromatic heterocycles. The molecule has 0 heterocycles. The van der Waals surface area contributed by atoms with Crippen LogP contribution in [0.15, 0.2) is 18.2 Å². The van der Waals surface area contributed by atoms with E-state index in [1.54, 1.807) is 0 Å². The fourth-order valence-corrected chi connectivity index (χ4v) is 1.48. The van der Waals surface area contributed by atoms with Gasteiger partial charge in [0.05, 0.1) is 4.92 Å². The number of nitrogens with zero attached hydrogens (tertiary/aromatic N) is 1. The SMILES string of the molecule is CCCNc1cccc(NCC(F)(F)F)c1[N+](=O)[O-]. The van der Waals surface area contributed by atoms with Gasteiger partial charge in [0.25, 0.3) is 0 Å². The van der Waals surface area contributed by atoms with Crippen LogP contribution in [0.5, 0.6) is 0 Å². The Labute approximate surface area is 108 Å². The minimum Gasteiger partial charge on any atom is -0.379 e. The second-order valence-corrected chi connectivity index (χ2v) is 3.85. The first kappa shape index (κ1) is 15.1. The van der Waals surface area contributed by atoms with Crippen LogP contribution in [0.2, 0.25) is 0 Å². The van der Waals surface area contributed by atoms with Gasteiger partial charge in [-0.3, -0.25) is 10.1 Å². The van der Waals surface area contributed by atoms with Crippen molar-refractivity contribution in [1.29, 1.82) is 0 Å². The van der Waals surface area contributed by atoms with Crippen molar-refractivity contribution >= 4 is 17.1 Å². The molecule has 8 heteroatoms. The summed E-state index contributed by atoms with van der Waals surface area (Å²) in [5.41, 5.74) is -0.317. The van der Waals surface area contributed by atoms with Gasteiger partial charge in [-0.1, -0.05) is 13.0 Å². The van der Waals surface area contributed by atoms with Crippen molar-refractivity contribution in [3.63, 3.8) is 0 Å². The van der Waals surface area contributed by atoms with Gasteiger partial charge in [0.2, 0.25) is 0 Å². The number of alkyl halides is 3. The van der Waals surface area contributed by atoms with E-state index in [1.165, 1.54) is 18.2 Å². The monoisotopic (exact) mass is 277 g/mol. The Hall–Kier alpha value is -1.99. The van der Waals surface area contributed by atoms with E-state index in [9.17, 15) is 23.3 Å². The Balaban J connectivity index is 2.99. The lowest BCUT2D eigenvalue weighted by Gasteiger charge is -2.12. The number of anilines is 2. The van der Waals surface area contributed by atoms with Crippen LogP contribution in [0.4, 0.5) is 30.2 Å². The van der Waals surface area contributed by atoms with Crippen LogP contribution in [0.25, 0.3) is 0 Å². The van der Waals surface area contributed by atoms with E-state index in [4.69, 9.17) is 0 Å². The number of hydrogen-bond donors (Lipinski definition) is 2. The molecule has 0 spiro atoms. The summed E-state index contributed by atoms with van der Waals surface area (Å²) < 4.78 is 36.4. The molecule has 0 saturated heterocycles. The number of hydrogen-bond acceptors (Lipinski definition) is 4. The summed E-state index contributed by atoms with van der Waals surface area (Å²) in [5, 5.41) is 15.8. The third-order valence-electron chi connectivity index (χ3n) is 2.26. The summed E-state index contributed by atoms with van der Waals surface area (Å²) in [6.45, 7) is 1.07. The quantitative estimate of drug-likeness (QED) is 0.617. The lowest BCUT2D eigenvalue weighted by Crippen LogP contribution is -2.22. The van der Waals surface area contributed by atoms with Crippen molar-refractivity contribution in [1.82, 2.24) is 0 Å². The molecular formula is C11H14F3N3O2. The first-order chi connectivity index (χ1) is 8.85. The van der Waals surface area contributed by atoms with Crippen LogP contribution >= 0.6 is 0 Å². The standard InChI is InChI=1S/C11H14F3N3O2/c1-2-6-15-8-4-3-5-9(10(8)17(18)19)16-7-11(12,13)14/h3-5,15-16H,2,6-7H2,1H3. The molecule has 0 unspecified atom stereocenters. The average Bonchev–Trinajstić information content (AvgIpc) is 2.32. The van der Waals surface area contributed by atoms with Crippen molar-refractivity contribution in [3.05, 3.63) is 28.3 Å². The van der Waals surface area contributed by atoms with Crippen molar-refractivity contribution in [3.8, 4) is 0 Å². The smallest absolute Gasteiger partial charge is 0.379 e. The average molecular weight is 277 g/mol. The lowest BCUT2D eigenvalue weighted by molar-refractivity contribution is -0.383. The lowest BCUT2D eigenvalue weighted by atomic mass is 10.2. The third-order valence-corrected chi connectivity index (χ3v) is 2.26. The molecule has 106 valence electrons. The summed E-state index contributed by atoms with van der Waals surface area (Å²) in [6.07, 6.45) is -3.68. The van der Waals surface area contributed by atoms with Crippen LogP contribution in [-0.4, -0.2) is 24.2 Å². The maximum atomic E-state index is 12.1. The van der Waals surface area contributed by atoms with Gasteiger partial charge in [-0.05, 0) is 18.6 Å². The molecule has 0 aliphatic heterocycles. The molecule has 0 aliphatic rings. The molecule has 0 aliphatic carbocycles. The maximum Gasteiger partial charge on any atom is 0.405 e. The van der Waals surface area contributed by atoms with Gasteiger partial charge in [0, 0.05) is 6.54 Å². The number of nitrogens with one attached hydrogen (secondary N) is 2. The molecule has 1 aromatic rings. The number of nitro benzene ring substituents is 1. The van der Waals surface area contributed by atoms with E-state index in [0.717, 1.165) is 6.42 Å². The van der Waals surface area contributed by atoms with Crippen molar-refractivity contribution < 1.29 is 18.1 Å². The van der Waals surface area contributed by atoms with E-state index in [0.29, 0.717) is 6.54 Å². The Kier molecular flexibility index (Phi) is 4.96. The Morgan fingerprint density at radius 1 is 1.26 bits per heavy atom. The summed E-state index contributed by atoms with van der Waals surface area (Å²) in [6, 6.07) is 4.18. The summed E-state index contributed by atoms with van der Waals surface area (Å²) in [7, 11) is 0. The second-order valence-electron chi connectivity index (χ2n) is 3.85. The minimum atomic E-state index is -4.43. The zero-order valence-corrected chi connectivity index (χ0v) is 10.3. The molecule has 0 bridgehead atoms. The predicted molar refractivity (Wildman–Crippen MR) is 66.4 cm³/mol. The minimum absolute atomic E-state index is 0.150. The highest BCUT2D eigenvalue weighted by Crippen LogP contribution is 2.33. The fraction of sp³-hybridized carbons (Fsp3) is 0.455. The molecule has 0 radical (unpaired) electrons. The highest BCUT2D eigenvalue weighted by molar-refractivity contribution is 5.76. The Bertz CT molecular complexity index is 449. The second kappa shape index (κ2) is 6.26. The summed E-state index contributed by atoms with van der Waals surface area (Å²) >= 11 is 0. The molecule has 1 rings (SSSR count). The fourth-order valence-electron chi connectivity index (χ4n) is 1.48. The third kappa shape index (κ3) is 4.65. The molecule has 2 N–H and O–H groups in total. The van der Waals surface area contributed by atoms with E-state index in [2.05, 4.69) is 5.32 Å². The van der Waals surface area contributed by atoms with Gasteiger partial charge in [0.15, 0.2) is 0 Å². The van der Waals surface area contributed by atoms with Crippen LogP contribution in [-0.2, 0) is 0 Å². The number of rotatable bonds is 6. The molecule has 19 heavy (non-hydrogen) atoms. The normalized spacial score (nSPS) is 11.2. The molecule has 0 amide bonds.